The maximum Gasteiger partial charge on any atom is 0.248 e. The van der Waals surface area contributed by atoms with Crippen molar-refractivity contribution < 1.29 is 4.79 Å². The number of hydrogen-bond donors (Lipinski definition) is 1. The molecule has 0 unspecified atom stereocenters. The first-order chi connectivity index (χ1) is 12.6. The van der Waals surface area contributed by atoms with Gasteiger partial charge >= 0.3 is 0 Å². The molecule has 0 aliphatic heterocycles. The summed E-state index contributed by atoms with van der Waals surface area (Å²) in [6, 6.07) is 14.7. The van der Waals surface area contributed by atoms with Crippen molar-refractivity contribution in [3.8, 4) is 11.4 Å². The lowest BCUT2D eigenvalue weighted by molar-refractivity contribution is 0.100. The highest BCUT2D eigenvalue weighted by molar-refractivity contribution is 7.98. The lowest BCUT2D eigenvalue weighted by Gasteiger charge is -2.08. The van der Waals surface area contributed by atoms with Gasteiger partial charge in [-0.1, -0.05) is 41.6 Å². The van der Waals surface area contributed by atoms with E-state index in [9.17, 15) is 4.79 Å². The number of carbonyl (C=O) groups excluding carboxylic acids is 1. The average molecular weight is 385 g/mol. The summed E-state index contributed by atoms with van der Waals surface area (Å²) in [5, 5.41) is 10.1. The summed E-state index contributed by atoms with van der Waals surface area (Å²) < 4.78 is 2.01. The average Bonchev–Trinajstić information content (AvgIpc) is 3.04. The highest BCUT2D eigenvalue weighted by Crippen LogP contribution is 2.27. The molecule has 0 saturated heterocycles. The molecular weight excluding hydrogens is 368 g/mol. The number of aromatic nitrogens is 3. The zero-order valence-electron chi connectivity index (χ0n) is 13.9. The van der Waals surface area contributed by atoms with E-state index >= 15 is 0 Å². The van der Waals surface area contributed by atoms with Crippen LogP contribution < -0.4 is 5.73 Å². The van der Waals surface area contributed by atoms with Crippen LogP contribution >= 0.6 is 23.4 Å². The fourth-order valence-electron chi connectivity index (χ4n) is 2.41. The van der Waals surface area contributed by atoms with Crippen molar-refractivity contribution in [1.82, 2.24) is 14.8 Å². The molecule has 7 heteroatoms. The van der Waals surface area contributed by atoms with Gasteiger partial charge in [0.25, 0.3) is 0 Å². The minimum Gasteiger partial charge on any atom is -0.366 e. The molecule has 2 aromatic carbocycles. The summed E-state index contributed by atoms with van der Waals surface area (Å²) in [6.07, 6.45) is 1.81. The van der Waals surface area contributed by atoms with Gasteiger partial charge in [0.2, 0.25) is 5.91 Å². The van der Waals surface area contributed by atoms with Gasteiger partial charge in [-0.2, -0.15) is 0 Å². The Balaban J connectivity index is 1.80. The Bertz CT molecular complexity index is 920. The number of rotatable bonds is 7. The van der Waals surface area contributed by atoms with Crippen LogP contribution in [-0.4, -0.2) is 20.7 Å². The SMILES string of the molecule is C=CCn1c(SCc2ccc(C(N)=O)cc2)nnc1-c1ccc(Cl)cc1. The maximum absolute atomic E-state index is 11.1. The van der Waals surface area contributed by atoms with Gasteiger partial charge in [0.05, 0.1) is 0 Å². The molecule has 1 heterocycles. The number of thioether (sulfide) groups is 1. The third-order valence-electron chi connectivity index (χ3n) is 3.74. The Labute approximate surface area is 160 Å². The van der Waals surface area contributed by atoms with Crippen LogP contribution in [0, 0.1) is 0 Å². The zero-order chi connectivity index (χ0) is 18.5. The van der Waals surface area contributed by atoms with E-state index in [1.165, 1.54) is 0 Å². The largest absolute Gasteiger partial charge is 0.366 e. The van der Waals surface area contributed by atoms with Gasteiger partial charge in [-0.05, 0) is 42.0 Å². The molecule has 2 N–H and O–H groups in total. The first-order valence-corrected chi connectivity index (χ1v) is 9.26. The molecule has 26 heavy (non-hydrogen) atoms. The number of halogens is 1. The van der Waals surface area contributed by atoms with E-state index in [4.69, 9.17) is 17.3 Å². The standard InChI is InChI=1S/C19H17ClN4OS/c1-2-11-24-18(15-7-9-16(20)10-8-15)22-23-19(24)26-12-13-3-5-14(6-4-13)17(21)25/h2-10H,1,11-12H2,(H2,21,25). The molecule has 0 radical (unpaired) electrons. The van der Waals surface area contributed by atoms with Crippen molar-refractivity contribution in [3.63, 3.8) is 0 Å². The molecule has 5 nitrogen and oxygen atoms in total. The van der Waals surface area contributed by atoms with Crippen LogP contribution in [0.5, 0.6) is 0 Å². The monoisotopic (exact) mass is 384 g/mol. The summed E-state index contributed by atoms with van der Waals surface area (Å²) in [4.78, 5) is 11.1. The summed E-state index contributed by atoms with van der Waals surface area (Å²) in [5.74, 6) is 1.05. The lowest BCUT2D eigenvalue weighted by Crippen LogP contribution is -2.10. The molecule has 3 aromatic rings. The maximum atomic E-state index is 11.1. The van der Waals surface area contributed by atoms with Crippen molar-refractivity contribution in [3.05, 3.63) is 77.3 Å². The molecule has 0 saturated carbocycles. The molecule has 0 atom stereocenters. The van der Waals surface area contributed by atoms with Crippen LogP contribution in [0.25, 0.3) is 11.4 Å². The van der Waals surface area contributed by atoms with E-state index in [2.05, 4.69) is 16.8 Å². The van der Waals surface area contributed by atoms with E-state index in [-0.39, 0.29) is 0 Å². The molecule has 0 aliphatic carbocycles. The van der Waals surface area contributed by atoms with Gasteiger partial charge in [-0.15, -0.1) is 16.8 Å². The van der Waals surface area contributed by atoms with E-state index in [0.29, 0.717) is 22.9 Å². The van der Waals surface area contributed by atoms with Crippen LogP contribution in [0.1, 0.15) is 15.9 Å². The smallest absolute Gasteiger partial charge is 0.248 e. The molecule has 3 rings (SSSR count). The Morgan fingerprint density at radius 2 is 1.85 bits per heavy atom. The van der Waals surface area contributed by atoms with Crippen LogP contribution in [-0.2, 0) is 12.3 Å². The van der Waals surface area contributed by atoms with Crippen molar-refractivity contribution in [2.45, 2.75) is 17.5 Å². The number of benzene rings is 2. The van der Waals surface area contributed by atoms with Gasteiger partial charge in [0.1, 0.15) is 0 Å². The lowest BCUT2D eigenvalue weighted by atomic mass is 10.1. The number of nitrogens with zero attached hydrogens (tertiary/aromatic N) is 3. The molecular formula is C19H17ClN4OS. The van der Waals surface area contributed by atoms with Gasteiger partial charge in [-0.25, -0.2) is 0 Å². The van der Waals surface area contributed by atoms with Crippen molar-refractivity contribution in [1.29, 1.82) is 0 Å². The van der Waals surface area contributed by atoms with Crippen LogP contribution in [0.4, 0.5) is 0 Å². The molecule has 1 aromatic heterocycles. The van der Waals surface area contributed by atoms with Crippen LogP contribution in [0.15, 0.2) is 66.3 Å². The molecule has 132 valence electrons. The molecule has 0 fully saturated rings. The predicted molar refractivity (Wildman–Crippen MR) is 105 cm³/mol. The van der Waals surface area contributed by atoms with E-state index < -0.39 is 5.91 Å². The fourth-order valence-corrected chi connectivity index (χ4v) is 3.44. The first kappa shape index (κ1) is 18.2. The number of hydrogen-bond acceptors (Lipinski definition) is 4. The predicted octanol–water partition coefficient (Wildman–Crippen LogP) is 4.18. The zero-order valence-corrected chi connectivity index (χ0v) is 15.5. The van der Waals surface area contributed by atoms with Gasteiger partial charge in [0.15, 0.2) is 11.0 Å². The Kier molecular flexibility index (Phi) is 5.75. The number of primary amides is 1. The Morgan fingerprint density at radius 1 is 1.15 bits per heavy atom. The normalized spacial score (nSPS) is 10.7. The topological polar surface area (TPSA) is 73.8 Å². The Morgan fingerprint density at radius 3 is 2.46 bits per heavy atom. The summed E-state index contributed by atoms with van der Waals surface area (Å²) in [5.41, 5.74) is 7.78. The van der Waals surface area contributed by atoms with Gasteiger partial charge < -0.3 is 5.73 Å². The van der Waals surface area contributed by atoms with E-state index in [1.54, 1.807) is 23.9 Å². The fraction of sp³-hybridized carbons (Fsp3) is 0.105. The minimum absolute atomic E-state index is 0.428. The Hall–Kier alpha value is -2.57. The van der Waals surface area contributed by atoms with Crippen LogP contribution in [0.3, 0.4) is 0 Å². The third kappa shape index (κ3) is 4.15. The number of allylic oxidation sites excluding steroid dienone is 1. The highest BCUT2D eigenvalue weighted by atomic mass is 35.5. The molecule has 0 spiro atoms. The van der Waals surface area contributed by atoms with Crippen molar-refractivity contribution in [2.75, 3.05) is 0 Å². The van der Waals surface area contributed by atoms with E-state index in [0.717, 1.165) is 22.1 Å². The number of amides is 1. The minimum atomic E-state index is -0.428. The number of carbonyl (C=O) groups is 1. The van der Waals surface area contributed by atoms with Gasteiger partial charge in [-0.3, -0.25) is 9.36 Å². The molecule has 0 aliphatic rings. The quantitative estimate of drug-likeness (QED) is 0.490. The number of nitrogens with two attached hydrogens (primary N) is 1. The van der Waals surface area contributed by atoms with Crippen molar-refractivity contribution in [2.24, 2.45) is 5.73 Å². The summed E-state index contributed by atoms with van der Waals surface area (Å²) in [7, 11) is 0. The second-order valence-electron chi connectivity index (χ2n) is 5.56. The highest BCUT2D eigenvalue weighted by Gasteiger charge is 2.13. The van der Waals surface area contributed by atoms with Crippen molar-refractivity contribution >= 4 is 29.3 Å². The second kappa shape index (κ2) is 8.21. The summed E-state index contributed by atoms with van der Waals surface area (Å²) >= 11 is 7.53. The summed E-state index contributed by atoms with van der Waals surface area (Å²) in [6.45, 7) is 4.42. The second-order valence-corrected chi connectivity index (χ2v) is 6.94. The van der Waals surface area contributed by atoms with Gasteiger partial charge in [0, 0.05) is 28.4 Å². The first-order valence-electron chi connectivity index (χ1n) is 7.90. The third-order valence-corrected chi connectivity index (χ3v) is 5.03. The molecule has 0 bridgehead atoms. The molecule has 1 amide bonds. The van der Waals surface area contributed by atoms with Crippen LogP contribution in [0.2, 0.25) is 5.02 Å². The van der Waals surface area contributed by atoms with E-state index in [1.807, 2.05) is 47.0 Å².